The smallest absolute Gasteiger partial charge is 0.00655 e. The van der Waals surface area contributed by atoms with Gasteiger partial charge in [-0.1, -0.05) is 53.2 Å². The third kappa shape index (κ3) is 1.54. The Balaban J connectivity index is 2.26. The maximum atomic E-state index is 3.59. The zero-order chi connectivity index (χ0) is 9.31. The highest BCUT2D eigenvalue weighted by Gasteiger charge is 2.47. The Morgan fingerprint density at radius 3 is 2.38 bits per heavy atom. The maximum absolute atomic E-state index is 3.59. The molecule has 13 heavy (non-hydrogen) atoms. The van der Waals surface area contributed by atoms with E-state index >= 15 is 0 Å². The summed E-state index contributed by atoms with van der Waals surface area (Å²) in [5.74, 6) is 0.759. The molecule has 1 aromatic carbocycles. The van der Waals surface area contributed by atoms with Crippen molar-refractivity contribution in [3.63, 3.8) is 0 Å². The molecule has 70 valence electrons. The first kappa shape index (κ1) is 9.26. The summed E-state index contributed by atoms with van der Waals surface area (Å²) >= 11 is 3.59. The summed E-state index contributed by atoms with van der Waals surface area (Å²) < 4.78 is 0. The summed E-state index contributed by atoms with van der Waals surface area (Å²) in [5, 5.41) is 1.11. The Hall–Kier alpha value is -0.300. The minimum Gasteiger partial charge on any atom is -0.0925 e. The van der Waals surface area contributed by atoms with Crippen molar-refractivity contribution in [2.24, 2.45) is 5.92 Å². The SMILES string of the molecule is CC(CBr)C1(c2ccccc2)CC1. The van der Waals surface area contributed by atoms with Gasteiger partial charge in [-0.05, 0) is 29.7 Å². The van der Waals surface area contributed by atoms with Crippen LogP contribution in [0.1, 0.15) is 25.3 Å². The van der Waals surface area contributed by atoms with E-state index in [9.17, 15) is 0 Å². The first-order chi connectivity index (χ1) is 6.29. The van der Waals surface area contributed by atoms with Gasteiger partial charge in [-0.2, -0.15) is 0 Å². The Bertz CT molecular complexity index is 274. The molecule has 0 N–H and O–H groups in total. The van der Waals surface area contributed by atoms with Gasteiger partial charge in [0.05, 0.1) is 0 Å². The fraction of sp³-hybridized carbons (Fsp3) is 0.500. The molecule has 0 heterocycles. The molecule has 2 rings (SSSR count). The van der Waals surface area contributed by atoms with Gasteiger partial charge in [0.2, 0.25) is 0 Å². The van der Waals surface area contributed by atoms with Crippen molar-refractivity contribution in [1.29, 1.82) is 0 Å². The van der Waals surface area contributed by atoms with Gasteiger partial charge in [0.25, 0.3) is 0 Å². The average molecular weight is 239 g/mol. The first-order valence-corrected chi connectivity index (χ1v) is 6.03. The van der Waals surface area contributed by atoms with Crippen LogP contribution in [0.2, 0.25) is 0 Å². The van der Waals surface area contributed by atoms with E-state index in [0.717, 1.165) is 11.2 Å². The normalized spacial score (nSPS) is 21.1. The molecule has 0 bridgehead atoms. The van der Waals surface area contributed by atoms with Crippen LogP contribution < -0.4 is 0 Å². The number of benzene rings is 1. The quantitative estimate of drug-likeness (QED) is 0.704. The summed E-state index contributed by atoms with van der Waals surface area (Å²) in [6, 6.07) is 10.9. The predicted octanol–water partition coefficient (Wildman–Crippen LogP) is 3.75. The van der Waals surface area contributed by atoms with Crippen LogP contribution in [0.3, 0.4) is 0 Å². The summed E-state index contributed by atoms with van der Waals surface area (Å²) in [6.07, 6.45) is 2.73. The lowest BCUT2D eigenvalue weighted by molar-refractivity contribution is 0.492. The van der Waals surface area contributed by atoms with Crippen LogP contribution >= 0.6 is 15.9 Å². The molecular weight excluding hydrogens is 224 g/mol. The fourth-order valence-electron chi connectivity index (χ4n) is 2.12. The topological polar surface area (TPSA) is 0 Å². The van der Waals surface area contributed by atoms with Crippen LogP contribution in [0.15, 0.2) is 30.3 Å². The molecular formula is C12H15Br. The molecule has 1 heteroatoms. The summed E-state index contributed by atoms with van der Waals surface area (Å²) in [4.78, 5) is 0. The molecule has 1 saturated carbocycles. The first-order valence-electron chi connectivity index (χ1n) is 4.91. The van der Waals surface area contributed by atoms with E-state index in [0.29, 0.717) is 5.41 Å². The molecule has 0 nitrogen and oxygen atoms in total. The molecule has 1 aromatic rings. The van der Waals surface area contributed by atoms with Gasteiger partial charge in [-0.25, -0.2) is 0 Å². The number of halogens is 1. The molecule has 1 atom stereocenters. The van der Waals surface area contributed by atoms with E-state index in [1.807, 2.05) is 0 Å². The van der Waals surface area contributed by atoms with Crippen LogP contribution in [-0.4, -0.2) is 5.33 Å². The highest BCUT2D eigenvalue weighted by Crippen LogP contribution is 2.54. The lowest BCUT2D eigenvalue weighted by atomic mass is 9.85. The molecule has 0 spiro atoms. The lowest BCUT2D eigenvalue weighted by Gasteiger charge is -2.21. The summed E-state index contributed by atoms with van der Waals surface area (Å²) in [7, 11) is 0. The Labute approximate surface area is 88.5 Å². The number of rotatable bonds is 3. The third-order valence-electron chi connectivity index (χ3n) is 3.31. The predicted molar refractivity (Wildman–Crippen MR) is 60.3 cm³/mol. The highest BCUT2D eigenvalue weighted by atomic mass is 79.9. The molecule has 1 fully saturated rings. The molecule has 1 aliphatic rings. The number of alkyl halides is 1. The fourth-order valence-corrected chi connectivity index (χ4v) is 2.74. The second-order valence-corrected chi connectivity index (χ2v) is 4.72. The minimum absolute atomic E-state index is 0.505. The van der Waals surface area contributed by atoms with Crippen molar-refractivity contribution in [2.45, 2.75) is 25.2 Å². The van der Waals surface area contributed by atoms with Crippen LogP contribution in [0.5, 0.6) is 0 Å². The summed E-state index contributed by atoms with van der Waals surface area (Å²) in [5.41, 5.74) is 2.03. The molecule has 0 aromatic heterocycles. The third-order valence-corrected chi connectivity index (χ3v) is 4.28. The molecule has 0 amide bonds. The molecule has 1 aliphatic carbocycles. The second kappa shape index (κ2) is 3.45. The van der Waals surface area contributed by atoms with Gasteiger partial charge in [-0.15, -0.1) is 0 Å². The van der Waals surface area contributed by atoms with Gasteiger partial charge >= 0.3 is 0 Å². The van der Waals surface area contributed by atoms with Gasteiger partial charge < -0.3 is 0 Å². The monoisotopic (exact) mass is 238 g/mol. The van der Waals surface area contributed by atoms with Gasteiger partial charge in [0.1, 0.15) is 0 Å². The van der Waals surface area contributed by atoms with E-state index in [2.05, 4.69) is 53.2 Å². The lowest BCUT2D eigenvalue weighted by Crippen LogP contribution is -2.18. The van der Waals surface area contributed by atoms with Crippen LogP contribution in [-0.2, 0) is 5.41 Å². The van der Waals surface area contributed by atoms with E-state index in [4.69, 9.17) is 0 Å². The van der Waals surface area contributed by atoms with Crippen LogP contribution in [0.4, 0.5) is 0 Å². The van der Waals surface area contributed by atoms with Gasteiger partial charge in [0, 0.05) is 5.33 Å². The van der Waals surface area contributed by atoms with E-state index < -0.39 is 0 Å². The van der Waals surface area contributed by atoms with E-state index in [1.54, 1.807) is 0 Å². The summed E-state index contributed by atoms with van der Waals surface area (Å²) in [6.45, 7) is 2.34. The second-order valence-electron chi connectivity index (χ2n) is 4.08. The average Bonchev–Trinajstić information content (AvgIpc) is 2.99. The number of hydrogen-bond acceptors (Lipinski definition) is 0. The van der Waals surface area contributed by atoms with Crippen LogP contribution in [0, 0.1) is 5.92 Å². The Morgan fingerprint density at radius 2 is 1.92 bits per heavy atom. The Morgan fingerprint density at radius 1 is 1.31 bits per heavy atom. The Kier molecular flexibility index (Phi) is 2.46. The van der Waals surface area contributed by atoms with Crippen molar-refractivity contribution in [1.82, 2.24) is 0 Å². The molecule has 0 aliphatic heterocycles. The van der Waals surface area contributed by atoms with Gasteiger partial charge in [-0.3, -0.25) is 0 Å². The van der Waals surface area contributed by atoms with Crippen molar-refractivity contribution >= 4 is 15.9 Å². The largest absolute Gasteiger partial charge is 0.0925 e. The van der Waals surface area contributed by atoms with E-state index in [-0.39, 0.29) is 0 Å². The standard InChI is InChI=1S/C12H15Br/c1-10(9-13)12(7-8-12)11-5-3-2-4-6-11/h2-6,10H,7-9H2,1H3. The van der Waals surface area contributed by atoms with Gasteiger partial charge in [0.15, 0.2) is 0 Å². The minimum atomic E-state index is 0.505. The van der Waals surface area contributed by atoms with Crippen molar-refractivity contribution in [3.05, 3.63) is 35.9 Å². The van der Waals surface area contributed by atoms with Crippen molar-refractivity contribution in [3.8, 4) is 0 Å². The zero-order valence-electron chi connectivity index (χ0n) is 7.96. The maximum Gasteiger partial charge on any atom is 0.00655 e. The molecule has 0 saturated heterocycles. The van der Waals surface area contributed by atoms with E-state index in [1.165, 1.54) is 18.4 Å². The zero-order valence-corrected chi connectivity index (χ0v) is 9.55. The van der Waals surface area contributed by atoms with Crippen LogP contribution in [0.25, 0.3) is 0 Å². The van der Waals surface area contributed by atoms with Crippen molar-refractivity contribution in [2.75, 3.05) is 5.33 Å². The van der Waals surface area contributed by atoms with Crippen molar-refractivity contribution < 1.29 is 0 Å². The highest BCUT2D eigenvalue weighted by molar-refractivity contribution is 9.09. The molecule has 0 radical (unpaired) electrons. The molecule has 1 unspecified atom stereocenters. The number of hydrogen-bond donors (Lipinski definition) is 0.